The van der Waals surface area contributed by atoms with Crippen LogP contribution in [0.3, 0.4) is 0 Å². The van der Waals surface area contributed by atoms with E-state index in [1.165, 1.54) is 7.11 Å². The molecule has 0 unspecified atom stereocenters. The lowest BCUT2D eigenvalue weighted by atomic mass is 9.84. The van der Waals surface area contributed by atoms with Crippen molar-refractivity contribution in [1.29, 1.82) is 0 Å². The van der Waals surface area contributed by atoms with E-state index in [1.807, 2.05) is 37.3 Å². The van der Waals surface area contributed by atoms with Crippen molar-refractivity contribution in [3.63, 3.8) is 0 Å². The number of hydrogen-bond donors (Lipinski definition) is 2. The fourth-order valence-corrected chi connectivity index (χ4v) is 3.58. The Morgan fingerprint density at radius 1 is 1.00 bits per heavy atom. The summed E-state index contributed by atoms with van der Waals surface area (Å²) in [7, 11) is 1.34. The van der Waals surface area contributed by atoms with Crippen LogP contribution in [-0.2, 0) is 19.1 Å². The molecule has 1 saturated carbocycles. The second-order valence-corrected chi connectivity index (χ2v) is 7.17. The molecule has 1 fully saturated rings. The van der Waals surface area contributed by atoms with Crippen molar-refractivity contribution in [2.24, 2.45) is 5.92 Å². The molecule has 0 aromatic heterocycles. The Kier molecular flexibility index (Phi) is 8.30. The Labute approximate surface area is 161 Å². The average molecular weight is 374 g/mol. The molecule has 0 saturated heterocycles. The number of carbonyl (C=O) groups is 3. The van der Waals surface area contributed by atoms with Crippen LogP contribution in [0.1, 0.15) is 63.5 Å². The number of rotatable bonds is 8. The van der Waals surface area contributed by atoms with Crippen molar-refractivity contribution in [2.45, 2.75) is 64.0 Å². The van der Waals surface area contributed by atoms with Crippen molar-refractivity contribution in [1.82, 2.24) is 10.6 Å². The van der Waals surface area contributed by atoms with Crippen molar-refractivity contribution in [2.75, 3.05) is 7.11 Å². The van der Waals surface area contributed by atoms with Gasteiger partial charge in [0.05, 0.1) is 13.2 Å². The first-order valence-electron chi connectivity index (χ1n) is 9.72. The van der Waals surface area contributed by atoms with Crippen LogP contribution in [-0.4, -0.2) is 30.9 Å². The van der Waals surface area contributed by atoms with E-state index in [4.69, 9.17) is 4.74 Å². The second kappa shape index (κ2) is 10.7. The van der Waals surface area contributed by atoms with Crippen LogP contribution in [0, 0.1) is 5.92 Å². The molecule has 0 spiro atoms. The molecule has 2 N–H and O–H groups in total. The minimum Gasteiger partial charge on any atom is -0.467 e. The maximum Gasteiger partial charge on any atom is 0.328 e. The summed E-state index contributed by atoms with van der Waals surface area (Å²) in [5.41, 5.74) is 1.01. The van der Waals surface area contributed by atoms with Gasteiger partial charge in [0.2, 0.25) is 11.8 Å². The van der Waals surface area contributed by atoms with E-state index < -0.39 is 12.0 Å². The Morgan fingerprint density at radius 3 is 2.19 bits per heavy atom. The zero-order valence-corrected chi connectivity index (χ0v) is 16.2. The molecule has 2 rings (SSSR count). The second-order valence-electron chi connectivity index (χ2n) is 7.17. The SMILES string of the molecule is COC(=O)[C@H](NC(=O)CCC(=O)N[C@H](C)c1ccccc1)C1CCCCC1. The molecule has 0 heterocycles. The number of nitrogens with one attached hydrogen (secondary N) is 2. The monoisotopic (exact) mass is 374 g/mol. The molecule has 0 bridgehead atoms. The van der Waals surface area contributed by atoms with Gasteiger partial charge in [-0.1, -0.05) is 49.6 Å². The van der Waals surface area contributed by atoms with E-state index in [9.17, 15) is 14.4 Å². The molecule has 6 heteroatoms. The summed E-state index contributed by atoms with van der Waals surface area (Å²) in [6, 6.07) is 8.92. The van der Waals surface area contributed by atoms with Crippen LogP contribution in [0.15, 0.2) is 30.3 Å². The van der Waals surface area contributed by atoms with E-state index >= 15 is 0 Å². The molecule has 27 heavy (non-hydrogen) atoms. The molecular weight excluding hydrogens is 344 g/mol. The number of carbonyl (C=O) groups excluding carboxylic acids is 3. The molecule has 6 nitrogen and oxygen atoms in total. The van der Waals surface area contributed by atoms with E-state index in [0.29, 0.717) is 0 Å². The van der Waals surface area contributed by atoms with E-state index in [0.717, 1.165) is 37.7 Å². The van der Waals surface area contributed by atoms with Gasteiger partial charge in [-0.15, -0.1) is 0 Å². The summed E-state index contributed by atoms with van der Waals surface area (Å²) in [6.45, 7) is 1.91. The molecule has 148 valence electrons. The van der Waals surface area contributed by atoms with Gasteiger partial charge in [-0.05, 0) is 31.2 Å². The van der Waals surface area contributed by atoms with Crippen LogP contribution in [0.2, 0.25) is 0 Å². The van der Waals surface area contributed by atoms with Crippen molar-refractivity contribution in [3.05, 3.63) is 35.9 Å². The average Bonchev–Trinajstić information content (AvgIpc) is 2.71. The fraction of sp³-hybridized carbons (Fsp3) is 0.571. The lowest BCUT2D eigenvalue weighted by Gasteiger charge is -2.29. The van der Waals surface area contributed by atoms with Gasteiger partial charge in [-0.2, -0.15) is 0 Å². The number of methoxy groups -OCH3 is 1. The first kappa shape index (κ1) is 20.9. The molecule has 0 radical (unpaired) electrons. The predicted octanol–water partition coefficient (Wildman–Crippen LogP) is 2.88. The quantitative estimate of drug-likeness (QED) is 0.685. The van der Waals surface area contributed by atoms with Gasteiger partial charge in [0.1, 0.15) is 6.04 Å². The predicted molar refractivity (Wildman–Crippen MR) is 103 cm³/mol. The molecule has 2 amide bonds. The Hall–Kier alpha value is -2.37. The van der Waals surface area contributed by atoms with Crippen molar-refractivity contribution < 1.29 is 19.1 Å². The minimum absolute atomic E-state index is 0.0492. The van der Waals surface area contributed by atoms with Gasteiger partial charge in [-0.25, -0.2) is 4.79 Å². The van der Waals surface area contributed by atoms with Crippen LogP contribution in [0.4, 0.5) is 0 Å². The molecule has 2 atom stereocenters. The van der Waals surface area contributed by atoms with E-state index in [-0.39, 0.29) is 36.6 Å². The normalized spacial score (nSPS) is 16.8. The number of benzene rings is 1. The molecule has 1 aliphatic carbocycles. The molecule has 1 aromatic carbocycles. The van der Waals surface area contributed by atoms with Crippen LogP contribution < -0.4 is 10.6 Å². The lowest BCUT2D eigenvalue weighted by Crippen LogP contribution is -2.47. The van der Waals surface area contributed by atoms with Gasteiger partial charge >= 0.3 is 5.97 Å². The highest BCUT2D eigenvalue weighted by molar-refractivity contribution is 5.87. The summed E-state index contributed by atoms with van der Waals surface area (Å²) in [5.74, 6) is -0.772. The van der Waals surface area contributed by atoms with Gasteiger partial charge in [0, 0.05) is 12.8 Å². The van der Waals surface area contributed by atoms with Crippen LogP contribution in [0.25, 0.3) is 0 Å². The highest BCUT2D eigenvalue weighted by Crippen LogP contribution is 2.27. The third-order valence-corrected chi connectivity index (χ3v) is 5.15. The molecule has 1 aliphatic rings. The maximum atomic E-state index is 12.3. The van der Waals surface area contributed by atoms with E-state index in [2.05, 4.69) is 10.6 Å². The highest BCUT2D eigenvalue weighted by Gasteiger charge is 2.31. The van der Waals surface area contributed by atoms with Gasteiger partial charge in [0.15, 0.2) is 0 Å². The Morgan fingerprint density at radius 2 is 1.59 bits per heavy atom. The zero-order valence-electron chi connectivity index (χ0n) is 16.2. The summed E-state index contributed by atoms with van der Waals surface area (Å²) < 4.78 is 4.86. The highest BCUT2D eigenvalue weighted by atomic mass is 16.5. The summed E-state index contributed by atoms with van der Waals surface area (Å²) in [5, 5.41) is 5.68. The number of ether oxygens (including phenoxy) is 1. The van der Waals surface area contributed by atoms with Gasteiger partial charge < -0.3 is 15.4 Å². The standard InChI is InChI=1S/C21H30N2O4/c1-15(16-9-5-3-6-10-16)22-18(24)13-14-19(25)23-20(21(26)27-2)17-11-7-4-8-12-17/h3,5-6,9-10,15,17,20H,4,7-8,11-14H2,1-2H3,(H,22,24)(H,23,25)/t15-,20-/m1/s1. The third kappa shape index (κ3) is 6.70. The van der Waals surface area contributed by atoms with E-state index in [1.54, 1.807) is 0 Å². The van der Waals surface area contributed by atoms with Gasteiger partial charge in [-0.3, -0.25) is 9.59 Å². The van der Waals surface area contributed by atoms with Crippen molar-refractivity contribution in [3.8, 4) is 0 Å². The summed E-state index contributed by atoms with van der Waals surface area (Å²) >= 11 is 0. The van der Waals surface area contributed by atoms with Crippen molar-refractivity contribution >= 4 is 17.8 Å². The van der Waals surface area contributed by atoms with Crippen LogP contribution in [0.5, 0.6) is 0 Å². The molecule has 1 aromatic rings. The Bertz CT molecular complexity index is 626. The molecular formula is C21H30N2O4. The first-order chi connectivity index (χ1) is 13.0. The first-order valence-corrected chi connectivity index (χ1v) is 9.72. The van der Waals surface area contributed by atoms with Crippen LogP contribution >= 0.6 is 0 Å². The maximum absolute atomic E-state index is 12.3. The van der Waals surface area contributed by atoms with Gasteiger partial charge in [0.25, 0.3) is 0 Å². The summed E-state index contributed by atoms with van der Waals surface area (Å²) in [6.07, 6.45) is 5.25. The minimum atomic E-state index is -0.617. The Balaban J connectivity index is 1.80. The number of esters is 1. The topological polar surface area (TPSA) is 84.5 Å². The molecule has 0 aliphatic heterocycles. The smallest absolute Gasteiger partial charge is 0.328 e. The number of amides is 2. The number of hydrogen-bond acceptors (Lipinski definition) is 4. The lowest BCUT2D eigenvalue weighted by molar-refractivity contribution is -0.147. The zero-order chi connectivity index (χ0) is 19.6. The fourth-order valence-electron chi connectivity index (χ4n) is 3.58. The largest absolute Gasteiger partial charge is 0.467 e. The third-order valence-electron chi connectivity index (χ3n) is 5.15. The summed E-state index contributed by atoms with van der Waals surface area (Å²) in [4.78, 5) is 36.5.